The van der Waals surface area contributed by atoms with E-state index in [1.165, 1.54) is 0 Å². The first-order valence-electron chi connectivity index (χ1n) is 7.15. The summed E-state index contributed by atoms with van der Waals surface area (Å²) in [6, 6.07) is 3.87. The quantitative estimate of drug-likeness (QED) is 0.898. The van der Waals surface area contributed by atoms with Crippen LogP contribution >= 0.6 is 0 Å². The van der Waals surface area contributed by atoms with E-state index in [4.69, 9.17) is 5.73 Å². The van der Waals surface area contributed by atoms with Gasteiger partial charge in [0, 0.05) is 26.2 Å². The van der Waals surface area contributed by atoms with Crippen molar-refractivity contribution in [1.29, 1.82) is 0 Å². The topological polar surface area (TPSA) is 71.2 Å². The number of piperazine rings is 1. The Kier molecular flexibility index (Phi) is 3.60. The number of rotatable bonds is 2. The van der Waals surface area contributed by atoms with Crippen LogP contribution in [0.4, 0.5) is 17.3 Å². The second-order valence-corrected chi connectivity index (χ2v) is 5.32. The van der Waals surface area contributed by atoms with E-state index in [1.807, 2.05) is 32.2 Å². The Labute approximate surface area is 124 Å². The van der Waals surface area contributed by atoms with Crippen LogP contribution in [0.15, 0.2) is 24.5 Å². The van der Waals surface area contributed by atoms with Crippen LogP contribution in [-0.2, 0) is 0 Å². The molecule has 2 aromatic heterocycles. The maximum absolute atomic E-state index is 5.68. The Balaban J connectivity index is 1.67. The summed E-state index contributed by atoms with van der Waals surface area (Å²) in [7, 11) is 0. The number of nitrogens with zero attached hydrogens (tertiary/aromatic N) is 5. The third kappa shape index (κ3) is 2.89. The van der Waals surface area contributed by atoms with Crippen LogP contribution in [0.25, 0.3) is 0 Å². The average Bonchev–Trinajstić information content (AvgIpc) is 2.51. The minimum absolute atomic E-state index is 0.697. The normalized spacial score (nSPS) is 15.3. The van der Waals surface area contributed by atoms with Gasteiger partial charge < -0.3 is 15.5 Å². The molecule has 0 amide bonds. The van der Waals surface area contributed by atoms with E-state index in [0.29, 0.717) is 5.69 Å². The van der Waals surface area contributed by atoms with Crippen molar-refractivity contribution in [3.63, 3.8) is 0 Å². The fourth-order valence-corrected chi connectivity index (χ4v) is 2.43. The number of hydrogen-bond donors (Lipinski definition) is 1. The van der Waals surface area contributed by atoms with Crippen LogP contribution in [0, 0.1) is 13.8 Å². The molecule has 3 heterocycles. The van der Waals surface area contributed by atoms with Crippen molar-refractivity contribution in [2.75, 3.05) is 41.7 Å². The molecule has 6 heteroatoms. The minimum Gasteiger partial charge on any atom is -0.397 e. The van der Waals surface area contributed by atoms with Crippen LogP contribution in [0.5, 0.6) is 0 Å². The highest BCUT2D eigenvalue weighted by Crippen LogP contribution is 2.18. The van der Waals surface area contributed by atoms with E-state index in [1.54, 1.807) is 6.20 Å². The molecule has 1 fully saturated rings. The van der Waals surface area contributed by atoms with Gasteiger partial charge in [-0.3, -0.25) is 4.98 Å². The molecule has 0 spiro atoms. The third-order valence-electron chi connectivity index (χ3n) is 3.88. The molecule has 0 atom stereocenters. The zero-order valence-corrected chi connectivity index (χ0v) is 12.5. The van der Waals surface area contributed by atoms with Crippen molar-refractivity contribution in [1.82, 2.24) is 15.0 Å². The molecule has 6 nitrogen and oxygen atoms in total. The van der Waals surface area contributed by atoms with Crippen LogP contribution < -0.4 is 15.5 Å². The second-order valence-electron chi connectivity index (χ2n) is 5.32. The van der Waals surface area contributed by atoms with Gasteiger partial charge in [-0.2, -0.15) is 0 Å². The maximum atomic E-state index is 5.68. The summed E-state index contributed by atoms with van der Waals surface area (Å²) in [6.45, 7) is 7.67. The average molecular weight is 284 g/mol. The van der Waals surface area contributed by atoms with Gasteiger partial charge in [-0.1, -0.05) is 0 Å². The van der Waals surface area contributed by atoms with E-state index >= 15 is 0 Å². The molecule has 0 saturated carbocycles. The zero-order chi connectivity index (χ0) is 14.8. The zero-order valence-electron chi connectivity index (χ0n) is 12.5. The number of aryl methyl sites for hydroxylation is 2. The molecule has 3 rings (SSSR count). The molecule has 0 unspecified atom stereocenters. The van der Waals surface area contributed by atoms with Crippen LogP contribution in [-0.4, -0.2) is 41.1 Å². The molecule has 0 radical (unpaired) electrons. The molecule has 110 valence electrons. The van der Waals surface area contributed by atoms with Gasteiger partial charge in [0.25, 0.3) is 0 Å². The standard InChI is InChI=1S/C15H20N6/c1-11-12(2)19-15(10-17-11)21-7-5-20(6-8-21)14-4-3-13(16)9-18-14/h3-4,9-10H,5-8,16H2,1-2H3. The predicted molar refractivity (Wildman–Crippen MR) is 84.6 cm³/mol. The number of aromatic nitrogens is 3. The lowest BCUT2D eigenvalue weighted by atomic mass is 10.3. The van der Waals surface area contributed by atoms with Crippen LogP contribution in [0.1, 0.15) is 11.4 Å². The number of anilines is 3. The Bertz CT molecular complexity index is 617. The fourth-order valence-electron chi connectivity index (χ4n) is 2.43. The van der Waals surface area contributed by atoms with E-state index in [2.05, 4.69) is 24.8 Å². The first-order valence-corrected chi connectivity index (χ1v) is 7.15. The smallest absolute Gasteiger partial charge is 0.147 e. The van der Waals surface area contributed by atoms with Crippen molar-refractivity contribution in [3.05, 3.63) is 35.9 Å². The molecule has 0 bridgehead atoms. The van der Waals surface area contributed by atoms with E-state index in [9.17, 15) is 0 Å². The Morgan fingerprint density at radius 1 is 0.857 bits per heavy atom. The Morgan fingerprint density at radius 2 is 1.52 bits per heavy atom. The molecule has 1 aliphatic heterocycles. The summed E-state index contributed by atoms with van der Waals surface area (Å²) < 4.78 is 0. The minimum atomic E-state index is 0.697. The molecular weight excluding hydrogens is 264 g/mol. The SMILES string of the molecule is Cc1ncc(N2CCN(c3ccc(N)cn3)CC2)nc1C. The number of pyridine rings is 1. The maximum Gasteiger partial charge on any atom is 0.147 e. The predicted octanol–water partition coefficient (Wildman–Crippen LogP) is 1.40. The van der Waals surface area contributed by atoms with Crippen LogP contribution in [0.3, 0.4) is 0 Å². The molecular formula is C15H20N6. The van der Waals surface area contributed by atoms with E-state index in [0.717, 1.165) is 49.2 Å². The van der Waals surface area contributed by atoms with Gasteiger partial charge in [-0.25, -0.2) is 9.97 Å². The van der Waals surface area contributed by atoms with Gasteiger partial charge in [0.1, 0.15) is 11.6 Å². The Hall–Kier alpha value is -2.37. The monoisotopic (exact) mass is 284 g/mol. The van der Waals surface area contributed by atoms with Crippen molar-refractivity contribution in [2.45, 2.75) is 13.8 Å². The lowest BCUT2D eigenvalue weighted by Gasteiger charge is -2.36. The lowest BCUT2D eigenvalue weighted by molar-refractivity contribution is 0.639. The van der Waals surface area contributed by atoms with Crippen LogP contribution in [0.2, 0.25) is 0 Å². The van der Waals surface area contributed by atoms with Crippen molar-refractivity contribution in [3.8, 4) is 0 Å². The Morgan fingerprint density at radius 3 is 2.10 bits per heavy atom. The third-order valence-corrected chi connectivity index (χ3v) is 3.88. The van der Waals surface area contributed by atoms with Gasteiger partial charge in [0.05, 0.1) is 29.5 Å². The summed E-state index contributed by atoms with van der Waals surface area (Å²) >= 11 is 0. The number of nitrogens with two attached hydrogens (primary N) is 1. The molecule has 1 saturated heterocycles. The summed E-state index contributed by atoms with van der Waals surface area (Å²) in [6.07, 6.45) is 3.57. The van der Waals surface area contributed by atoms with Gasteiger partial charge in [0.2, 0.25) is 0 Å². The largest absolute Gasteiger partial charge is 0.397 e. The van der Waals surface area contributed by atoms with Gasteiger partial charge in [0.15, 0.2) is 0 Å². The summed E-state index contributed by atoms with van der Waals surface area (Å²) in [5.41, 5.74) is 8.36. The van der Waals surface area contributed by atoms with Crippen molar-refractivity contribution in [2.24, 2.45) is 0 Å². The van der Waals surface area contributed by atoms with E-state index < -0.39 is 0 Å². The molecule has 0 aliphatic carbocycles. The molecule has 1 aliphatic rings. The molecule has 2 N–H and O–H groups in total. The molecule has 2 aromatic rings. The lowest BCUT2D eigenvalue weighted by Crippen LogP contribution is -2.47. The molecule has 0 aromatic carbocycles. The summed E-state index contributed by atoms with van der Waals surface area (Å²) in [5, 5.41) is 0. The summed E-state index contributed by atoms with van der Waals surface area (Å²) in [5.74, 6) is 1.94. The van der Waals surface area contributed by atoms with Crippen molar-refractivity contribution < 1.29 is 0 Å². The highest BCUT2D eigenvalue weighted by molar-refractivity contribution is 5.48. The second kappa shape index (κ2) is 5.55. The number of hydrogen-bond acceptors (Lipinski definition) is 6. The fraction of sp³-hybridized carbons (Fsp3) is 0.400. The van der Waals surface area contributed by atoms with Gasteiger partial charge >= 0.3 is 0 Å². The first kappa shape index (κ1) is 13.6. The number of nitrogen functional groups attached to an aromatic ring is 1. The summed E-state index contributed by atoms with van der Waals surface area (Å²) in [4.78, 5) is 17.9. The first-order chi connectivity index (χ1) is 10.1. The van der Waals surface area contributed by atoms with Gasteiger partial charge in [-0.15, -0.1) is 0 Å². The van der Waals surface area contributed by atoms with Gasteiger partial charge in [-0.05, 0) is 26.0 Å². The highest BCUT2D eigenvalue weighted by Gasteiger charge is 2.19. The van der Waals surface area contributed by atoms with E-state index in [-0.39, 0.29) is 0 Å². The highest BCUT2D eigenvalue weighted by atomic mass is 15.3. The van der Waals surface area contributed by atoms with Crippen molar-refractivity contribution >= 4 is 17.3 Å². The molecule has 21 heavy (non-hydrogen) atoms.